The summed E-state index contributed by atoms with van der Waals surface area (Å²) in [6.45, 7) is 1.41. The minimum Gasteiger partial charge on any atom is -0.467 e. The largest absolute Gasteiger partial charge is 0.467 e. The first-order valence-corrected chi connectivity index (χ1v) is 6.47. The lowest BCUT2D eigenvalue weighted by Crippen LogP contribution is -2.37. The Hall–Kier alpha value is -0.920. The normalized spacial score (nSPS) is 23.3. The molecule has 1 aliphatic rings. The van der Waals surface area contributed by atoms with E-state index < -0.39 is 5.60 Å². The number of rotatable bonds is 4. The Labute approximate surface area is 114 Å². The molecule has 1 aliphatic heterocycles. The smallest absolute Gasteiger partial charge is 0.331 e. The number of hydrogen-bond donors (Lipinski definition) is 1. The predicted octanol–water partition coefficient (Wildman–Crippen LogP) is 0.561. The molecule has 1 unspecified atom stereocenters. The van der Waals surface area contributed by atoms with Crippen LogP contribution in [0.3, 0.4) is 0 Å². The van der Waals surface area contributed by atoms with Crippen LogP contribution in [0.15, 0.2) is 10.8 Å². The van der Waals surface area contributed by atoms with Gasteiger partial charge in [-0.3, -0.25) is 0 Å². The molecule has 6 nitrogen and oxygen atoms in total. The van der Waals surface area contributed by atoms with Crippen molar-refractivity contribution in [3.05, 3.63) is 16.6 Å². The number of esters is 1. The molecular formula is C11H16BrN3O3. The third-order valence-electron chi connectivity index (χ3n) is 3.06. The lowest BCUT2D eigenvalue weighted by atomic mass is 10.0. The fourth-order valence-electron chi connectivity index (χ4n) is 2.16. The zero-order valence-corrected chi connectivity index (χ0v) is 12.0. The molecule has 0 saturated carbocycles. The number of halogens is 1. The van der Waals surface area contributed by atoms with Gasteiger partial charge in [-0.15, -0.1) is 0 Å². The van der Waals surface area contributed by atoms with Crippen LogP contribution in [0, 0.1) is 0 Å². The van der Waals surface area contributed by atoms with Gasteiger partial charge in [-0.25, -0.2) is 9.78 Å². The van der Waals surface area contributed by atoms with Crippen molar-refractivity contribution in [2.75, 3.05) is 26.8 Å². The highest BCUT2D eigenvalue weighted by molar-refractivity contribution is 9.10. The van der Waals surface area contributed by atoms with Gasteiger partial charge in [0.15, 0.2) is 0 Å². The fraction of sp³-hybridized carbons (Fsp3) is 0.636. The van der Waals surface area contributed by atoms with E-state index in [9.17, 15) is 4.79 Å². The van der Waals surface area contributed by atoms with E-state index in [0.717, 1.165) is 23.4 Å². The van der Waals surface area contributed by atoms with Crippen LogP contribution < -0.4 is 5.32 Å². The van der Waals surface area contributed by atoms with Crippen molar-refractivity contribution < 1.29 is 14.3 Å². The van der Waals surface area contributed by atoms with Crippen LogP contribution in [0.25, 0.3) is 0 Å². The van der Waals surface area contributed by atoms with E-state index in [1.807, 2.05) is 17.8 Å². The van der Waals surface area contributed by atoms with Crippen molar-refractivity contribution in [3.8, 4) is 0 Å². The molecule has 0 aliphatic carbocycles. The van der Waals surface area contributed by atoms with Gasteiger partial charge in [-0.05, 0) is 28.9 Å². The molecule has 1 fully saturated rings. The summed E-state index contributed by atoms with van der Waals surface area (Å²) < 4.78 is 13.1. The topological polar surface area (TPSA) is 65.4 Å². The first-order valence-electron chi connectivity index (χ1n) is 5.68. The third kappa shape index (κ3) is 2.57. The van der Waals surface area contributed by atoms with Gasteiger partial charge in [0.1, 0.15) is 22.6 Å². The monoisotopic (exact) mass is 317 g/mol. The molecule has 0 spiro atoms. The minimum atomic E-state index is -0.561. The van der Waals surface area contributed by atoms with Crippen LogP contribution in [0.1, 0.15) is 12.2 Å². The summed E-state index contributed by atoms with van der Waals surface area (Å²) >= 11 is 3.35. The molecule has 18 heavy (non-hydrogen) atoms. The molecule has 1 aromatic rings. The second-order valence-electron chi connectivity index (χ2n) is 4.28. The van der Waals surface area contributed by atoms with Crippen LogP contribution in [-0.4, -0.2) is 42.3 Å². The van der Waals surface area contributed by atoms with Gasteiger partial charge >= 0.3 is 5.97 Å². The number of carbonyl (C=O) groups is 1. The van der Waals surface area contributed by atoms with E-state index in [-0.39, 0.29) is 12.6 Å². The second kappa shape index (κ2) is 5.38. The van der Waals surface area contributed by atoms with Gasteiger partial charge in [0.25, 0.3) is 0 Å². The van der Waals surface area contributed by atoms with E-state index in [1.165, 1.54) is 7.11 Å². The molecule has 1 atom stereocenters. The maximum absolute atomic E-state index is 11.2. The Morgan fingerprint density at radius 1 is 1.72 bits per heavy atom. The van der Waals surface area contributed by atoms with Gasteiger partial charge in [-0.2, -0.15) is 0 Å². The lowest BCUT2D eigenvalue weighted by molar-refractivity contribution is -0.153. The standard InChI is InChI=1S/C11H16BrN3O3/c1-15-5-8(12)14-10(15)11(3-4-13-7-11)18-6-9(16)17-2/h5,13H,3-4,6-7H2,1-2H3. The number of aromatic nitrogens is 2. The van der Waals surface area contributed by atoms with E-state index in [0.29, 0.717) is 6.54 Å². The third-order valence-corrected chi connectivity index (χ3v) is 3.45. The molecule has 0 radical (unpaired) electrons. The summed E-state index contributed by atoms with van der Waals surface area (Å²) in [5.74, 6) is 0.429. The van der Waals surface area contributed by atoms with Crippen LogP contribution in [0.2, 0.25) is 0 Å². The second-order valence-corrected chi connectivity index (χ2v) is 5.10. The molecule has 2 rings (SSSR count). The quantitative estimate of drug-likeness (QED) is 0.822. The number of carbonyl (C=O) groups excluding carboxylic acids is 1. The summed E-state index contributed by atoms with van der Waals surface area (Å²) in [7, 11) is 3.26. The highest BCUT2D eigenvalue weighted by Crippen LogP contribution is 2.32. The molecule has 100 valence electrons. The number of methoxy groups -OCH3 is 1. The average molecular weight is 318 g/mol. The minimum absolute atomic E-state index is 0.0668. The zero-order valence-electron chi connectivity index (χ0n) is 10.4. The number of hydrogen-bond acceptors (Lipinski definition) is 5. The van der Waals surface area contributed by atoms with Gasteiger partial charge < -0.3 is 19.4 Å². The Bertz CT molecular complexity index is 441. The average Bonchev–Trinajstić information content (AvgIpc) is 2.94. The van der Waals surface area contributed by atoms with Crippen molar-refractivity contribution in [2.24, 2.45) is 7.05 Å². The van der Waals surface area contributed by atoms with Crippen LogP contribution in [0.4, 0.5) is 0 Å². The maximum atomic E-state index is 11.2. The Morgan fingerprint density at radius 3 is 3.00 bits per heavy atom. The van der Waals surface area contributed by atoms with E-state index in [2.05, 4.69) is 31.0 Å². The molecule has 1 saturated heterocycles. The first-order chi connectivity index (χ1) is 8.57. The SMILES string of the molecule is COC(=O)COC1(c2nc(Br)cn2C)CCNC1. The summed E-state index contributed by atoms with van der Waals surface area (Å²) in [6.07, 6.45) is 2.65. The van der Waals surface area contributed by atoms with Crippen molar-refractivity contribution in [2.45, 2.75) is 12.0 Å². The number of nitrogens with zero attached hydrogens (tertiary/aromatic N) is 2. The summed E-state index contributed by atoms with van der Waals surface area (Å²) in [4.78, 5) is 15.7. The molecule has 0 amide bonds. The zero-order chi connectivity index (χ0) is 13.2. The van der Waals surface area contributed by atoms with E-state index in [1.54, 1.807) is 0 Å². The van der Waals surface area contributed by atoms with E-state index >= 15 is 0 Å². The Kier molecular flexibility index (Phi) is 4.04. The molecule has 7 heteroatoms. The van der Waals surface area contributed by atoms with Crippen LogP contribution in [0.5, 0.6) is 0 Å². The Morgan fingerprint density at radius 2 is 2.50 bits per heavy atom. The predicted molar refractivity (Wildman–Crippen MR) is 68.0 cm³/mol. The number of imidazole rings is 1. The summed E-state index contributed by atoms with van der Waals surface area (Å²) in [5, 5.41) is 3.24. The van der Waals surface area contributed by atoms with E-state index in [4.69, 9.17) is 4.74 Å². The molecule has 2 heterocycles. The first kappa shape index (κ1) is 13.5. The summed E-state index contributed by atoms with van der Waals surface area (Å²) in [5.41, 5.74) is -0.561. The van der Waals surface area contributed by atoms with Crippen molar-refractivity contribution in [1.29, 1.82) is 0 Å². The molecular weight excluding hydrogens is 302 g/mol. The van der Waals surface area contributed by atoms with Gasteiger partial charge in [0.2, 0.25) is 0 Å². The molecule has 0 bridgehead atoms. The molecule has 1 N–H and O–H groups in total. The summed E-state index contributed by atoms with van der Waals surface area (Å²) in [6, 6.07) is 0. The van der Waals surface area contributed by atoms with Gasteiger partial charge in [0.05, 0.1) is 7.11 Å². The van der Waals surface area contributed by atoms with Gasteiger partial charge in [-0.1, -0.05) is 0 Å². The number of aryl methyl sites for hydroxylation is 1. The van der Waals surface area contributed by atoms with Crippen LogP contribution in [-0.2, 0) is 26.9 Å². The fourth-order valence-corrected chi connectivity index (χ4v) is 2.63. The van der Waals surface area contributed by atoms with Gasteiger partial charge in [0, 0.05) is 19.8 Å². The maximum Gasteiger partial charge on any atom is 0.331 e. The lowest BCUT2D eigenvalue weighted by Gasteiger charge is -2.27. The van der Waals surface area contributed by atoms with Crippen molar-refractivity contribution in [3.63, 3.8) is 0 Å². The van der Waals surface area contributed by atoms with Crippen molar-refractivity contribution >= 4 is 21.9 Å². The molecule has 1 aromatic heterocycles. The number of ether oxygens (including phenoxy) is 2. The van der Waals surface area contributed by atoms with Crippen LogP contribution >= 0.6 is 15.9 Å². The highest BCUT2D eigenvalue weighted by atomic mass is 79.9. The highest BCUT2D eigenvalue weighted by Gasteiger charge is 2.41. The number of nitrogens with one attached hydrogen (secondary N) is 1. The van der Waals surface area contributed by atoms with Crippen molar-refractivity contribution in [1.82, 2.24) is 14.9 Å². The molecule has 0 aromatic carbocycles. The Balaban J connectivity index is 2.21.